The van der Waals surface area contributed by atoms with Crippen LogP contribution in [0.2, 0.25) is 0 Å². The van der Waals surface area contributed by atoms with Crippen LogP contribution in [0.25, 0.3) is 0 Å². The second kappa shape index (κ2) is 7.20. The standard InChI is InChI=1S/C17H17N3O/c1-2-20(13-16-7-9-19-10-8-16)17(21)11-14-3-5-15(12-18)6-4-14/h3-10H,2,11,13H2,1H3. The van der Waals surface area contributed by atoms with E-state index in [0.717, 1.165) is 11.1 Å². The summed E-state index contributed by atoms with van der Waals surface area (Å²) in [5, 5.41) is 8.77. The minimum atomic E-state index is 0.0824. The summed E-state index contributed by atoms with van der Waals surface area (Å²) in [6, 6.07) is 13.0. The van der Waals surface area contributed by atoms with Crippen LogP contribution in [0.15, 0.2) is 48.8 Å². The van der Waals surface area contributed by atoms with Crippen molar-refractivity contribution in [1.82, 2.24) is 9.88 Å². The van der Waals surface area contributed by atoms with Crippen molar-refractivity contribution < 1.29 is 4.79 Å². The predicted molar refractivity (Wildman–Crippen MR) is 80.2 cm³/mol. The Balaban J connectivity index is 2.01. The molecule has 106 valence electrons. The molecule has 1 aromatic heterocycles. The molecule has 1 amide bonds. The van der Waals surface area contributed by atoms with E-state index in [9.17, 15) is 4.79 Å². The third-order valence-electron chi connectivity index (χ3n) is 3.30. The van der Waals surface area contributed by atoms with Crippen molar-refractivity contribution in [3.05, 3.63) is 65.5 Å². The molecule has 0 spiro atoms. The lowest BCUT2D eigenvalue weighted by Crippen LogP contribution is -2.31. The van der Waals surface area contributed by atoms with Gasteiger partial charge in [-0.05, 0) is 42.3 Å². The van der Waals surface area contributed by atoms with Gasteiger partial charge in [-0.15, -0.1) is 0 Å². The molecule has 0 fully saturated rings. The molecular formula is C17H17N3O. The summed E-state index contributed by atoms with van der Waals surface area (Å²) >= 11 is 0. The highest BCUT2D eigenvalue weighted by molar-refractivity contribution is 5.78. The molecule has 21 heavy (non-hydrogen) atoms. The van der Waals surface area contributed by atoms with E-state index >= 15 is 0 Å². The number of carbonyl (C=O) groups excluding carboxylic acids is 1. The molecule has 4 heteroatoms. The summed E-state index contributed by atoms with van der Waals surface area (Å²) < 4.78 is 0. The maximum absolute atomic E-state index is 12.3. The van der Waals surface area contributed by atoms with Crippen LogP contribution >= 0.6 is 0 Å². The fourth-order valence-corrected chi connectivity index (χ4v) is 2.07. The molecule has 0 saturated heterocycles. The quantitative estimate of drug-likeness (QED) is 0.845. The first kappa shape index (κ1) is 14.7. The Labute approximate surface area is 124 Å². The van der Waals surface area contributed by atoms with Crippen molar-refractivity contribution in [3.63, 3.8) is 0 Å². The van der Waals surface area contributed by atoms with Crippen LogP contribution in [0.5, 0.6) is 0 Å². The van der Waals surface area contributed by atoms with Gasteiger partial charge in [0.25, 0.3) is 0 Å². The highest BCUT2D eigenvalue weighted by atomic mass is 16.2. The lowest BCUT2D eigenvalue weighted by molar-refractivity contribution is -0.130. The minimum absolute atomic E-state index is 0.0824. The highest BCUT2D eigenvalue weighted by Crippen LogP contribution is 2.09. The molecule has 0 saturated carbocycles. The van der Waals surface area contributed by atoms with Crippen molar-refractivity contribution in [2.75, 3.05) is 6.54 Å². The number of amides is 1. The molecule has 0 N–H and O–H groups in total. The zero-order valence-electron chi connectivity index (χ0n) is 12.0. The summed E-state index contributed by atoms with van der Waals surface area (Å²) in [6.07, 6.45) is 3.81. The largest absolute Gasteiger partial charge is 0.338 e. The lowest BCUT2D eigenvalue weighted by Gasteiger charge is -2.21. The summed E-state index contributed by atoms with van der Waals surface area (Å²) in [4.78, 5) is 18.1. The van der Waals surface area contributed by atoms with Gasteiger partial charge >= 0.3 is 0 Å². The average Bonchev–Trinajstić information content (AvgIpc) is 2.54. The maximum Gasteiger partial charge on any atom is 0.227 e. The van der Waals surface area contributed by atoms with Crippen molar-refractivity contribution in [1.29, 1.82) is 5.26 Å². The molecule has 1 heterocycles. The molecule has 1 aromatic carbocycles. The van der Waals surface area contributed by atoms with E-state index in [1.807, 2.05) is 36.1 Å². The van der Waals surface area contributed by atoms with Crippen LogP contribution in [0.3, 0.4) is 0 Å². The molecule has 2 aromatic rings. The Morgan fingerprint density at radius 1 is 1.14 bits per heavy atom. The zero-order valence-corrected chi connectivity index (χ0v) is 12.0. The van der Waals surface area contributed by atoms with Gasteiger partial charge < -0.3 is 4.90 Å². The van der Waals surface area contributed by atoms with E-state index in [0.29, 0.717) is 25.1 Å². The predicted octanol–water partition coefficient (Wildman–Crippen LogP) is 2.54. The molecule has 2 rings (SSSR count). The number of likely N-dealkylation sites (N-methyl/N-ethyl adjacent to an activating group) is 1. The first-order chi connectivity index (χ1) is 10.2. The van der Waals surface area contributed by atoms with E-state index in [1.165, 1.54) is 0 Å². The number of rotatable bonds is 5. The number of hydrogen-bond acceptors (Lipinski definition) is 3. The summed E-state index contributed by atoms with van der Waals surface area (Å²) in [6.45, 7) is 3.23. The van der Waals surface area contributed by atoms with Crippen molar-refractivity contribution >= 4 is 5.91 Å². The van der Waals surface area contributed by atoms with Crippen molar-refractivity contribution in [2.45, 2.75) is 19.9 Å². The van der Waals surface area contributed by atoms with Gasteiger partial charge in [-0.25, -0.2) is 0 Å². The molecule has 0 unspecified atom stereocenters. The SMILES string of the molecule is CCN(Cc1ccncc1)C(=O)Cc1ccc(C#N)cc1. The van der Waals surface area contributed by atoms with Gasteiger partial charge in [0.1, 0.15) is 0 Å². The van der Waals surface area contributed by atoms with Gasteiger partial charge in [0.15, 0.2) is 0 Å². The van der Waals surface area contributed by atoms with Gasteiger partial charge in [0.05, 0.1) is 18.1 Å². The number of nitriles is 1. The Morgan fingerprint density at radius 2 is 1.81 bits per heavy atom. The fourth-order valence-electron chi connectivity index (χ4n) is 2.07. The fraction of sp³-hybridized carbons (Fsp3) is 0.235. The number of benzene rings is 1. The van der Waals surface area contributed by atoms with E-state index in [4.69, 9.17) is 5.26 Å². The van der Waals surface area contributed by atoms with Gasteiger partial charge in [0, 0.05) is 25.5 Å². The first-order valence-corrected chi connectivity index (χ1v) is 6.88. The third kappa shape index (κ3) is 4.15. The van der Waals surface area contributed by atoms with E-state index in [2.05, 4.69) is 11.1 Å². The van der Waals surface area contributed by atoms with Gasteiger partial charge in [-0.3, -0.25) is 9.78 Å². The van der Waals surface area contributed by atoms with Crippen LogP contribution in [-0.4, -0.2) is 22.3 Å². The Morgan fingerprint density at radius 3 is 2.38 bits per heavy atom. The number of aromatic nitrogens is 1. The van der Waals surface area contributed by atoms with Crippen LogP contribution in [0.1, 0.15) is 23.6 Å². The van der Waals surface area contributed by atoms with E-state index in [1.54, 1.807) is 24.5 Å². The van der Waals surface area contributed by atoms with E-state index in [-0.39, 0.29) is 5.91 Å². The van der Waals surface area contributed by atoms with Crippen molar-refractivity contribution in [3.8, 4) is 6.07 Å². The monoisotopic (exact) mass is 279 g/mol. The van der Waals surface area contributed by atoms with Gasteiger partial charge in [-0.2, -0.15) is 5.26 Å². The second-order valence-electron chi connectivity index (χ2n) is 4.75. The Bertz CT molecular complexity index is 629. The second-order valence-corrected chi connectivity index (χ2v) is 4.75. The van der Waals surface area contributed by atoms with Crippen molar-refractivity contribution in [2.24, 2.45) is 0 Å². The number of hydrogen-bond donors (Lipinski definition) is 0. The Kier molecular flexibility index (Phi) is 5.05. The summed E-state index contributed by atoms with van der Waals surface area (Å²) in [7, 11) is 0. The highest BCUT2D eigenvalue weighted by Gasteiger charge is 2.12. The minimum Gasteiger partial charge on any atom is -0.338 e. The number of pyridine rings is 1. The summed E-state index contributed by atoms with van der Waals surface area (Å²) in [5.74, 6) is 0.0824. The normalized spacial score (nSPS) is 9.90. The smallest absolute Gasteiger partial charge is 0.227 e. The summed E-state index contributed by atoms with van der Waals surface area (Å²) in [5.41, 5.74) is 2.60. The zero-order chi connectivity index (χ0) is 15.1. The maximum atomic E-state index is 12.3. The van der Waals surface area contributed by atoms with Crippen LogP contribution in [0.4, 0.5) is 0 Å². The lowest BCUT2D eigenvalue weighted by atomic mass is 10.1. The third-order valence-corrected chi connectivity index (χ3v) is 3.30. The van der Waals surface area contributed by atoms with Crippen LogP contribution in [-0.2, 0) is 17.8 Å². The van der Waals surface area contributed by atoms with Gasteiger partial charge in [-0.1, -0.05) is 12.1 Å². The topological polar surface area (TPSA) is 57.0 Å². The molecular weight excluding hydrogens is 262 g/mol. The molecule has 0 aliphatic rings. The van der Waals surface area contributed by atoms with Gasteiger partial charge in [0.2, 0.25) is 5.91 Å². The van der Waals surface area contributed by atoms with Crippen LogP contribution < -0.4 is 0 Å². The molecule has 0 atom stereocenters. The number of carbonyl (C=O) groups is 1. The molecule has 0 aliphatic heterocycles. The Hall–Kier alpha value is -2.67. The molecule has 4 nitrogen and oxygen atoms in total. The molecule has 0 bridgehead atoms. The molecule has 0 aliphatic carbocycles. The van der Waals surface area contributed by atoms with Crippen LogP contribution in [0, 0.1) is 11.3 Å². The number of nitrogens with zero attached hydrogens (tertiary/aromatic N) is 3. The first-order valence-electron chi connectivity index (χ1n) is 6.88. The van der Waals surface area contributed by atoms with E-state index < -0.39 is 0 Å². The molecule has 0 radical (unpaired) electrons. The average molecular weight is 279 g/mol.